The minimum Gasteiger partial charge on any atom is -0.491 e. The normalized spacial score (nSPS) is 18.6. The average Bonchev–Trinajstić information content (AvgIpc) is 2.48. The third-order valence-corrected chi connectivity index (χ3v) is 3.81. The molecule has 0 amide bonds. The second kappa shape index (κ2) is 8.46. The van der Waals surface area contributed by atoms with Crippen LogP contribution in [0.2, 0.25) is 0 Å². The number of ether oxygens (including phenoxy) is 1. The van der Waals surface area contributed by atoms with Gasteiger partial charge in [-0.2, -0.15) is 0 Å². The standard InChI is InChI=1S/C17H27FN2O2/c1-14(2)11-19-7-9-20(10-8-19)12-16(21)13-22-17-5-3-15(18)4-6-17/h3-6,14,16,21H,7-13H2,1-2H3/t16-/m1/s1. The summed E-state index contributed by atoms with van der Waals surface area (Å²) in [5, 5.41) is 10.1. The maximum atomic E-state index is 12.8. The summed E-state index contributed by atoms with van der Waals surface area (Å²) >= 11 is 0. The Morgan fingerprint density at radius 1 is 1.05 bits per heavy atom. The van der Waals surface area contributed by atoms with Gasteiger partial charge in [-0.25, -0.2) is 4.39 Å². The van der Waals surface area contributed by atoms with Crippen LogP contribution in [-0.4, -0.2) is 66.9 Å². The molecule has 1 aliphatic heterocycles. The van der Waals surface area contributed by atoms with E-state index >= 15 is 0 Å². The number of hydrogen-bond donors (Lipinski definition) is 1. The third kappa shape index (κ3) is 5.91. The highest BCUT2D eigenvalue weighted by Crippen LogP contribution is 2.12. The zero-order valence-electron chi connectivity index (χ0n) is 13.5. The number of benzene rings is 1. The molecular formula is C17H27FN2O2. The molecule has 5 heteroatoms. The van der Waals surface area contributed by atoms with Crippen LogP contribution in [-0.2, 0) is 0 Å². The number of aliphatic hydroxyl groups is 1. The van der Waals surface area contributed by atoms with Crippen LogP contribution in [0.1, 0.15) is 13.8 Å². The third-order valence-electron chi connectivity index (χ3n) is 3.81. The summed E-state index contributed by atoms with van der Waals surface area (Å²) in [7, 11) is 0. The molecule has 0 bridgehead atoms. The van der Waals surface area contributed by atoms with Crippen molar-refractivity contribution in [2.45, 2.75) is 20.0 Å². The lowest BCUT2D eigenvalue weighted by Gasteiger charge is -2.36. The Labute approximate surface area is 132 Å². The van der Waals surface area contributed by atoms with Gasteiger partial charge in [-0.15, -0.1) is 0 Å². The first-order valence-corrected chi connectivity index (χ1v) is 8.04. The Balaban J connectivity index is 1.65. The summed E-state index contributed by atoms with van der Waals surface area (Å²) in [5.41, 5.74) is 0. The highest BCUT2D eigenvalue weighted by atomic mass is 19.1. The topological polar surface area (TPSA) is 35.9 Å². The molecule has 1 heterocycles. The average molecular weight is 310 g/mol. The predicted molar refractivity (Wildman–Crippen MR) is 85.6 cm³/mol. The van der Waals surface area contributed by atoms with Gasteiger partial charge in [0.2, 0.25) is 0 Å². The molecule has 22 heavy (non-hydrogen) atoms. The summed E-state index contributed by atoms with van der Waals surface area (Å²) in [6, 6.07) is 5.87. The van der Waals surface area contributed by atoms with Crippen LogP contribution in [0.5, 0.6) is 5.75 Å². The van der Waals surface area contributed by atoms with Crippen LogP contribution < -0.4 is 4.74 Å². The van der Waals surface area contributed by atoms with Crippen LogP contribution in [0.15, 0.2) is 24.3 Å². The van der Waals surface area contributed by atoms with Gasteiger partial charge in [0.05, 0.1) is 0 Å². The Hall–Kier alpha value is -1.17. The summed E-state index contributed by atoms with van der Waals surface area (Å²) in [6.07, 6.45) is -0.526. The lowest BCUT2D eigenvalue weighted by molar-refractivity contribution is 0.0440. The molecule has 0 unspecified atom stereocenters. The van der Waals surface area contributed by atoms with E-state index in [1.807, 2.05) is 0 Å². The van der Waals surface area contributed by atoms with E-state index in [9.17, 15) is 9.50 Å². The first kappa shape index (κ1) is 17.2. The molecule has 1 fully saturated rings. The van der Waals surface area contributed by atoms with Gasteiger partial charge in [0.15, 0.2) is 0 Å². The van der Waals surface area contributed by atoms with Crippen molar-refractivity contribution in [1.29, 1.82) is 0 Å². The van der Waals surface area contributed by atoms with Gasteiger partial charge in [-0.1, -0.05) is 13.8 Å². The van der Waals surface area contributed by atoms with Crippen molar-refractivity contribution in [3.05, 3.63) is 30.1 Å². The van der Waals surface area contributed by atoms with E-state index in [2.05, 4.69) is 23.6 Å². The van der Waals surface area contributed by atoms with Crippen molar-refractivity contribution < 1.29 is 14.2 Å². The lowest BCUT2D eigenvalue weighted by Crippen LogP contribution is -2.49. The van der Waals surface area contributed by atoms with E-state index in [1.54, 1.807) is 12.1 Å². The molecule has 0 aromatic heterocycles. The molecule has 2 rings (SSSR count). The summed E-state index contributed by atoms with van der Waals surface area (Å²) < 4.78 is 18.3. The van der Waals surface area contributed by atoms with Gasteiger partial charge in [0.1, 0.15) is 24.3 Å². The largest absolute Gasteiger partial charge is 0.491 e. The zero-order valence-corrected chi connectivity index (χ0v) is 13.5. The molecule has 1 aromatic carbocycles. The minimum absolute atomic E-state index is 0.234. The fourth-order valence-electron chi connectivity index (χ4n) is 2.74. The van der Waals surface area contributed by atoms with Crippen LogP contribution in [0.4, 0.5) is 4.39 Å². The fourth-order valence-corrected chi connectivity index (χ4v) is 2.74. The summed E-state index contributed by atoms with van der Waals surface area (Å²) in [5.74, 6) is 0.996. The molecule has 0 radical (unpaired) electrons. The number of aliphatic hydroxyl groups excluding tert-OH is 1. The zero-order chi connectivity index (χ0) is 15.9. The quantitative estimate of drug-likeness (QED) is 0.834. The van der Waals surface area contributed by atoms with Gasteiger partial charge in [-0.05, 0) is 30.2 Å². The van der Waals surface area contributed by atoms with Crippen LogP contribution in [0.25, 0.3) is 0 Å². The number of piperazine rings is 1. The van der Waals surface area contributed by atoms with Crippen LogP contribution in [0, 0.1) is 11.7 Å². The van der Waals surface area contributed by atoms with E-state index in [1.165, 1.54) is 12.1 Å². The highest BCUT2D eigenvalue weighted by molar-refractivity contribution is 5.22. The molecular weight excluding hydrogens is 283 g/mol. The Kier molecular flexibility index (Phi) is 6.61. The van der Waals surface area contributed by atoms with Crippen molar-refractivity contribution in [2.75, 3.05) is 45.9 Å². The molecule has 1 N–H and O–H groups in total. The molecule has 1 aromatic rings. The van der Waals surface area contributed by atoms with Crippen molar-refractivity contribution >= 4 is 0 Å². The number of halogens is 1. The minimum atomic E-state index is -0.526. The summed E-state index contributed by atoms with van der Waals surface area (Å²) in [6.45, 7) is 10.6. The maximum absolute atomic E-state index is 12.8. The number of rotatable bonds is 7. The second-order valence-corrected chi connectivity index (χ2v) is 6.41. The lowest BCUT2D eigenvalue weighted by atomic mass is 10.2. The predicted octanol–water partition coefficient (Wildman–Crippen LogP) is 1.84. The van der Waals surface area contributed by atoms with Gasteiger partial charge >= 0.3 is 0 Å². The fraction of sp³-hybridized carbons (Fsp3) is 0.647. The first-order valence-electron chi connectivity index (χ1n) is 8.04. The van der Waals surface area contributed by atoms with Crippen LogP contribution in [0.3, 0.4) is 0 Å². The molecule has 1 saturated heterocycles. The molecule has 0 saturated carbocycles. The Morgan fingerprint density at radius 2 is 1.59 bits per heavy atom. The monoisotopic (exact) mass is 310 g/mol. The van der Waals surface area contributed by atoms with Crippen molar-refractivity contribution in [3.8, 4) is 5.75 Å². The van der Waals surface area contributed by atoms with E-state index in [4.69, 9.17) is 4.74 Å². The first-order chi connectivity index (χ1) is 10.5. The van der Waals surface area contributed by atoms with E-state index < -0.39 is 6.10 Å². The summed E-state index contributed by atoms with van der Waals surface area (Å²) in [4.78, 5) is 4.75. The van der Waals surface area contributed by atoms with Gasteiger partial charge < -0.3 is 14.7 Å². The number of β-amino-alcohol motifs (C(OH)–C–C–N with tert-alkyl or cyclic N) is 1. The molecule has 4 nitrogen and oxygen atoms in total. The van der Waals surface area contributed by atoms with Crippen molar-refractivity contribution in [3.63, 3.8) is 0 Å². The smallest absolute Gasteiger partial charge is 0.123 e. The molecule has 1 aliphatic rings. The highest BCUT2D eigenvalue weighted by Gasteiger charge is 2.19. The van der Waals surface area contributed by atoms with Gasteiger partial charge in [0.25, 0.3) is 0 Å². The second-order valence-electron chi connectivity index (χ2n) is 6.41. The Bertz CT molecular complexity index is 431. The SMILES string of the molecule is CC(C)CN1CCN(C[C@@H](O)COc2ccc(F)cc2)CC1. The Morgan fingerprint density at radius 3 is 2.14 bits per heavy atom. The van der Waals surface area contributed by atoms with E-state index in [0.717, 1.165) is 32.7 Å². The maximum Gasteiger partial charge on any atom is 0.123 e. The molecule has 0 aliphatic carbocycles. The van der Waals surface area contributed by atoms with Crippen LogP contribution >= 0.6 is 0 Å². The molecule has 124 valence electrons. The molecule has 1 atom stereocenters. The number of nitrogens with zero attached hydrogens (tertiary/aromatic N) is 2. The van der Waals surface area contributed by atoms with Gasteiger partial charge in [0, 0.05) is 39.3 Å². The van der Waals surface area contributed by atoms with Crippen molar-refractivity contribution in [1.82, 2.24) is 9.80 Å². The van der Waals surface area contributed by atoms with Crippen molar-refractivity contribution in [2.24, 2.45) is 5.92 Å². The molecule has 0 spiro atoms. The van der Waals surface area contributed by atoms with E-state index in [-0.39, 0.29) is 12.4 Å². The van der Waals surface area contributed by atoms with Gasteiger partial charge in [-0.3, -0.25) is 4.90 Å². The number of hydrogen-bond acceptors (Lipinski definition) is 4. The van der Waals surface area contributed by atoms with E-state index in [0.29, 0.717) is 18.2 Å².